The van der Waals surface area contributed by atoms with Crippen molar-refractivity contribution in [1.82, 2.24) is 5.32 Å². The Hall–Kier alpha value is -1.38. The number of benzene rings is 2. The van der Waals surface area contributed by atoms with Gasteiger partial charge in [0.15, 0.2) is 0 Å². The summed E-state index contributed by atoms with van der Waals surface area (Å²) in [6.45, 7) is 8.61. The second-order valence-corrected chi connectivity index (χ2v) is 5.83. The fraction of sp³-hybridized carbons (Fsp3) is 0.333. The molecular weight excluding hydrogens is 285 g/mol. The van der Waals surface area contributed by atoms with Crippen LogP contribution in [0.25, 0.3) is 0 Å². The zero-order chi connectivity index (χ0) is 15.6. The number of rotatable bonds is 4. The molecule has 0 spiro atoms. The van der Waals surface area contributed by atoms with Crippen molar-refractivity contribution in [3.8, 4) is 0 Å². The summed E-state index contributed by atoms with van der Waals surface area (Å²) in [5.41, 5.74) is 4.61. The standard InChI is InChI=1S/C18H21ClFN/c1-5-21-18(14-7-6-8-15(19)13(14)4)17-12(3)9-11(2)10-16(17)20/h6-10,18,21H,5H2,1-4H3. The predicted octanol–water partition coefficient (Wildman–Crippen LogP) is 5.10. The van der Waals surface area contributed by atoms with Gasteiger partial charge in [0.2, 0.25) is 0 Å². The number of hydrogen-bond donors (Lipinski definition) is 1. The third-order valence-electron chi connectivity index (χ3n) is 3.80. The van der Waals surface area contributed by atoms with Crippen LogP contribution in [0, 0.1) is 26.6 Å². The van der Waals surface area contributed by atoms with E-state index in [1.165, 1.54) is 0 Å². The van der Waals surface area contributed by atoms with Gasteiger partial charge in [0.05, 0.1) is 6.04 Å². The van der Waals surface area contributed by atoms with Crippen LogP contribution in [-0.4, -0.2) is 6.54 Å². The first kappa shape index (κ1) is 16.0. The van der Waals surface area contributed by atoms with Gasteiger partial charge in [-0.05, 0) is 61.7 Å². The Bertz CT molecular complexity index is 629. The molecule has 2 rings (SSSR count). The fourth-order valence-electron chi connectivity index (χ4n) is 2.80. The Kier molecular flexibility index (Phi) is 5.02. The summed E-state index contributed by atoms with van der Waals surface area (Å²) in [7, 11) is 0. The van der Waals surface area contributed by atoms with E-state index in [2.05, 4.69) is 5.32 Å². The van der Waals surface area contributed by atoms with Crippen LogP contribution in [0.2, 0.25) is 5.02 Å². The summed E-state index contributed by atoms with van der Waals surface area (Å²) in [5.74, 6) is -0.169. The third-order valence-corrected chi connectivity index (χ3v) is 4.21. The molecule has 0 fully saturated rings. The van der Waals surface area contributed by atoms with Crippen LogP contribution in [0.3, 0.4) is 0 Å². The van der Waals surface area contributed by atoms with Crippen molar-refractivity contribution in [1.29, 1.82) is 0 Å². The number of aryl methyl sites for hydroxylation is 2. The van der Waals surface area contributed by atoms with E-state index >= 15 is 0 Å². The number of nitrogens with one attached hydrogen (secondary N) is 1. The molecule has 0 bridgehead atoms. The minimum atomic E-state index is -0.186. The maximum Gasteiger partial charge on any atom is 0.128 e. The lowest BCUT2D eigenvalue weighted by Crippen LogP contribution is -2.24. The lowest BCUT2D eigenvalue weighted by molar-refractivity contribution is 0.554. The molecule has 1 unspecified atom stereocenters. The molecule has 0 aliphatic carbocycles. The van der Waals surface area contributed by atoms with Crippen molar-refractivity contribution in [3.05, 3.63) is 69.0 Å². The second-order valence-electron chi connectivity index (χ2n) is 5.42. The van der Waals surface area contributed by atoms with Gasteiger partial charge < -0.3 is 5.32 Å². The molecule has 0 aromatic heterocycles. The Labute approximate surface area is 131 Å². The summed E-state index contributed by atoms with van der Waals surface area (Å²) < 4.78 is 14.5. The highest BCUT2D eigenvalue weighted by atomic mass is 35.5. The molecule has 21 heavy (non-hydrogen) atoms. The first-order valence-corrected chi connectivity index (χ1v) is 7.58. The molecule has 0 aliphatic rings. The van der Waals surface area contributed by atoms with Crippen LogP contribution < -0.4 is 5.32 Å². The smallest absolute Gasteiger partial charge is 0.128 e. The molecule has 3 heteroatoms. The summed E-state index contributed by atoms with van der Waals surface area (Å²) in [4.78, 5) is 0. The first-order chi connectivity index (χ1) is 9.95. The van der Waals surface area contributed by atoms with Crippen molar-refractivity contribution in [2.45, 2.75) is 33.7 Å². The molecule has 0 aliphatic heterocycles. The Morgan fingerprint density at radius 1 is 1.19 bits per heavy atom. The first-order valence-electron chi connectivity index (χ1n) is 7.20. The summed E-state index contributed by atoms with van der Waals surface area (Å²) in [6.07, 6.45) is 0. The topological polar surface area (TPSA) is 12.0 Å². The van der Waals surface area contributed by atoms with Gasteiger partial charge in [0.1, 0.15) is 5.82 Å². The SMILES string of the molecule is CCNC(c1cccc(Cl)c1C)c1c(C)cc(C)cc1F. The van der Waals surface area contributed by atoms with E-state index in [0.717, 1.165) is 28.8 Å². The van der Waals surface area contributed by atoms with Gasteiger partial charge in [0.25, 0.3) is 0 Å². The lowest BCUT2D eigenvalue weighted by atomic mass is 9.91. The molecule has 2 aromatic carbocycles. The van der Waals surface area contributed by atoms with E-state index < -0.39 is 0 Å². The average Bonchev–Trinajstić information content (AvgIpc) is 2.40. The number of halogens is 2. The van der Waals surface area contributed by atoms with Crippen LogP contribution in [0.15, 0.2) is 30.3 Å². The molecule has 1 N–H and O–H groups in total. The van der Waals surface area contributed by atoms with Crippen LogP contribution in [0.5, 0.6) is 0 Å². The largest absolute Gasteiger partial charge is 0.306 e. The predicted molar refractivity (Wildman–Crippen MR) is 87.6 cm³/mol. The quantitative estimate of drug-likeness (QED) is 0.828. The van der Waals surface area contributed by atoms with Gasteiger partial charge >= 0.3 is 0 Å². The van der Waals surface area contributed by atoms with E-state index in [0.29, 0.717) is 10.6 Å². The molecule has 1 nitrogen and oxygen atoms in total. The van der Waals surface area contributed by atoms with E-state index in [4.69, 9.17) is 11.6 Å². The average molecular weight is 306 g/mol. The van der Waals surface area contributed by atoms with E-state index in [1.807, 2.05) is 52.0 Å². The van der Waals surface area contributed by atoms with Crippen LogP contribution in [-0.2, 0) is 0 Å². The van der Waals surface area contributed by atoms with Crippen molar-refractivity contribution in [2.24, 2.45) is 0 Å². The Morgan fingerprint density at radius 3 is 2.52 bits per heavy atom. The van der Waals surface area contributed by atoms with Crippen molar-refractivity contribution >= 4 is 11.6 Å². The van der Waals surface area contributed by atoms with Gasteiger partial charge in [-0.3, -0.25) is 0 Å². The van der Waals surface area contributed by atoms with Crippen LogP contribution in [0.1, 0.15) is 40.8 Å². The summed E-state index contributed by atoms with van der Waals surface area (Å²) in [5, 5.41) is 4.09. The van der Waals surface area contributed by atoms with Crippen LogP contribution >= 0.6 is 11.6 Å². The minimum absolute atomic E-state index is 0.169. The molecule has 2 aromatic rings. The molecule has 112 valence electrons. The second kappa shape index (κ2) is 6.59. The minimum Gasteiger partial charge on any atom is -0.306 e. The summed E-state index contributed by atoms with van der Waals surface area (Å²) >= 11 is 6.23. The lowest BCUT2D eigenvalue weighted by Gasteiger charge is -2.24. The van der Waals surface area contributed by atoms with E-state index in [-0.39, 0.29) is 11.9 Å². The number of hydrogen-bond acceptors (Lipinski definition) is 1. The highest BCUT2D eigenvalue weighted by molar-refractivity contribution is 6.31. The fourth-order valence-corrected chi connectivity index (χ4v) is 2.98. The zero-order valence-electron chi connectivity index (χ0n) is 12.9. The molecule has 0 amide bonds. The van der Waals surface area contributed by atoms with Gasteiger partial charge in [-0.2, -0.15) is 0 Å². The molecule has 0 radical (unpaired) electrons. The Morgan fingerprint density at radius 2 is 1.90 bits per heavy atom. The molecule has 0 saturated carbocycles. The third kappa shape index (κ3) is 3.28. The molecule has 1 atom stereocenters. The van der Waals surface area contributed by atoms with Crippen molar-refractivity contribution < 1.29 is 4.39 Å². The summed E-state index contributed by atoms with van der Waals surface area (Å²) in [6, 6.07) is 9.20. The van der Waals surface area contributed by atoms with E-state index in [1.54, 1.807) is 6.07 Å². The highest BCUT2D eigenvalue weighted by Gasteiger charge is 2.21. The highest BCUT2D eigenvalue weighted by Crippen LogP contribution is 2.32. The Balaban J connectivity index is 2.62. The molecule has 0 heterocycles. The normalized spacial score (nSPS) is 12.5. The van der Waals surface area contributed by atoms with Crippen LogP contribution in [0.4, 0.5) is 4.39 Å². The molecule has 0 saturated heterocycles. The maximum absolute atomic E-state index is 14.5. The zero-order valence-corrected chi connectivity index (χ0v) is 13.7. The van der Waals surface area contributed by atoms with E-state index in [9.17, 15) is 4.39 Å². The van der Waals surface area contributed by atoms with Gasteiger partial charge in [0, 0.05) is 10.6 Å². The molecular formula is C18H21ClFN. The van der Waals surface area contributed by atoms with Crippen molar-refractivity contribution in [3.63, 3.8) is 0 Å². The van der Waals surface area contributed by atoms with Gasteiger partial charge in [-0.15, -0.1) is 0 Å². The van der Waals surface area contributed by atoms with Gasteiger partial charge in [-0.1, -0.05) is 36.7 Å². The van der Waals surface area contributed by atoms with Gasteiger partial charge in [-0.25, -0.2) is 4.39 Å². The van der Waals surface area contributed by atoms with Crippen molar-refractivity contribution in [2.75, 3.05) is 6.54 Å². The monoisotopic (exact) mass is 305 g/mol. The maximum atomic E-state index is 14.5.